The molecule has 0 radical (unpaired) electrons. The maximum absolute atomic E-state index is 15.3. The molecule has 10 atom stereocenters. The fraction of sp³-hybridized carbons (Fsp3) is 0.427. The molecule has 1 aliphatic heterocycles. The van der Waals surface area contributed by atoms with Gasteiger partial charge in [-0.15, -0.1) is 0 Å². The standard InChI is InChI=1S/C75H93N11O16S2/c1-41(2)61(84-70(95)62(42(3)4)86-74(100)102-75(6,7)8)69(94)76-33-19-18-28-55-64(89)85-63(43(5)87)71(96)82-60(72(97)98)40-104-103-39-59(68(93)79-56(35-45-29-31-47(88)32-30-45)65(90)80-58(67(92)78-55)36-46-37-77-54-27-17-16-22-48(46)54)81-66(91)57(34-44-20-10-9-11-21-44)83-73(99)101-38-53-51-25-14-12-23-49(51)50-24-13-15-26-52(50)53/h9-17,20-27,29-32,37,41-43,53,55-63,77,87-88H,18-19,28,33-36,38-40H2,1-8H3,(H,76,94)(H,78,92)(H,79,93)(H,80,90)(H,81,91)(H,82,96)(H,83,99)(H,84,95)(H,85,89)(H,86,100)(H,97,98)/t43-,55+,56+,57-,58-,59+,60+,61+,62+,63+/m1/s1. The highest BCUT2D eigenvalue weighted by Gasteiger charge is 2.39. The summed E-state index contributed by atoms with van der Waals surface area (Å²) >= 11 is 0. The third-order valence-electron chi connectivity index (χ3n) is 17.6. The maximum atomic E-state index is 15.3. The molecule has 8 rings (SSSR count). The van der Waals surface area contributed by atoms with E-state index in [1.807, 2.05) is 48.5 Å². The van der Waals surface area contributed by atoms with Crippen molar-refractivity contribution in [3.8, 4) is 16.9 Å². The minimum absolute atomic E-state index is 0.0140. The number of phenolic OH excluding ortho intramolecular Hbond substituents is 1. The zero-order valence-corrected chi connectivity index (χ0v) is 60.9. The summed E-state index contributed by atoms with van der Waals surface area (Å²) in [6.45, 7) is 13.0. The molecule has 1 aromatic heterocycles. The molecule has 556 valence electrons. The zero-order chi connectivity index (χ0) is 75.4. The zero-order valence-electron chi connectivity index (χ0n) is 59.2. The van der Waals surface area contributed by atoms with Crippen molar-refractivity contribution in [1.82, 2.24) is 58.2 Å². The van der Waals surface area contributed by atoms with E-state index in [0.29, 0.717) is 27.6 Å². The molecule has 0 bridgehead atoms. The van der Waals surface area contributed by atoms with Crippen LogP contribution in [0, 0.1) is 11.8 Å². The van der Waals surface area contributed by atoms with Crippen molar-refractivity contribution in [3.05, 3.63) is 161 Å². The third-order valence-corrected chi connectivity index (χ3v) is 20.0. The smallest absolute Gasteiger partial charge is 0.408 e. The number of carbonyl (C=O) groups is 11. The van der Waals surface area contributed by atoms with Crippen LogP contribution in [-0.2, 0) is 71.9 Å². The molecular weight excluding hydrogens is 1380 g/mol. The first kappa shape index (κ1) is 79.6. The first-order valence-electron chi connectivity index (χ1n) is 34.6. The van der Waals surface area contributed by atoms with Crippen LogP contribution in [0.1, 0.15) is 108 Å². The van der Waals surface area contributed by atoms with E-state index in [-0.39, 0.29) is 74.8 Å². The largest absolute Gasteiger partial charge is 0.508 e. The molecule has 6 aromatic rings. The number of rotatable bonds is 24. The highest BCUT2D eigenvalue weighted by atomic mass is 33.1. The van der Waals surface area contributed by atoms with E-state index in [0.717, 1.165) is 43.8 Å². The number of benzene rings is 5. The minimum atomic E-state index is -1.82. The summed E-state index contributed by atoms with van der Waals surface area (Å²) in [5.74, 6) is -10.5. The van der Waals surface area contributed by atoms with Gasteiger partial charge in [0.25, 0.3) is 0 Å². The number of carboxylic acid groups (broad SMARTS) is 1. The van der Waals surface area contributed by atoms with E-state index in [2.05, 4.69) is 58.2 Å². The number of alkyl carbamates (subject to hydrolysis) is 2. The summed E-state index contributed by atoms with van der Waals surface area (Å²) in [7, 11) is 1.80. The quantitative estimate of drug-likeness (QED) is 0.0261. The van der Waals surface area contributed by atoms with Crippen molar-refractivity contribution >= 4 is 97.9 Å². The van der Waals surface area contributed by atoms with Gasteiger partial charge in [-0.05, 0) is 116 Å². The molecule has 10 amide bonds. The number of para-hydroxylation sites is 1. The van der Waals surface area contributed by atoms with Crippen molar-refractivity contribution in [2.45, 2.75) is 166 Å². The van der Waals surface area contributed by atoms with Gasteiger partial charge in [0.2, 0.25) is 47.3 Å². The van der Waals surface area contributed by atoms with E-state index < -0.39 is 143 Å². The number of ether oxygens (including phenoxy) is 2. The molecule has 27 nitrogen and oxygen atoms in total. The lowest BCUT2D eigenvalue weighted by atomic mass is 9.98. The van der Waals surface area contributed by atoms with Crippen molar-refractivity contribution in [2.24, 2.45) is 11.8 Å². The molecule has 1 fully saturated rings. The van der Waals surface area contributed by atoms with E-state index >= 15 is 14.4 Å². The average molecular weight is 1470 g/mol. The Balaban J connectivity index is 1.07. The van der Waals surface area contributed by atoms with E-state index in [4.69, 9.17) is 9.47 Å². The summed E-state index contributed by atoms with van der Waals surface area (Å²) in [5.41, 5.74) is 5.31. The number of amides is 10. The highest BCUT2D eigenvalue weighted by Crippen LogP contribution is 2.44. The molecule has 0 saturated carbocycles. The van der Waals surface area contributed by atoms with Crippen molar-refractivity contribution in [3.63, 3.8) is 0 Å². The van der Waals surface area contributed by atoms with Crippen LogP contribution < -0.4 is 53.2 Å². The molecule has 1 saturated heterocycles. The number of fused-ring (bicyclic) bond motifs is 4. The Kier molecular flexibility index (Phi) is 28.6. The number of hydrogen-bond acceptors (Lipinski definition) is 17. The second kappa shape index (κ2) is 37.3. The molecule has 2 heterocycles. The van der Waals surface area contributed by atoms with Crippen molar-refractivity contribution < 1.29 is 77.5 Å². The normalized spacial score (nSPS) is 19.7. The number of aliphatic carboxylic acids is 1. The van der Waals surface area contributed by atoms with Gasteiger partial charge < -0.3 is 82.9 Å². The molecule has 0 unspecified atom stereocenters. The Morgan fingerprint density at radius 3 is 1.80 bits per heavy atom. The van der Waals surface area contributed by atoms with Gasteiger partial charge >= 0.3 is 18.2 Å². The van der Waals surface area contributed by atoms with Crippen LogP contribution in [0.15, 0.2) is 134 Å². The number of aliphatic hydroxyl groups is 1. The van der Waals surface area contributed by atoms with Crippen molar-refractivity contribution in [2.75, 3.05) is 24.7 Å². The molecule has 0 spiro atoms. The molecule has 104 heavy (non-hydrogen) atoms. The van der Waals surface area contributed by atoms with Gasteiger partial charge in [0, 0.05) is 60.3 Å². The number of aliphatic hydroxyl groups excluding tert-OH is 1. The summed E-state index contributed by atoms with van der Waals surface area (Å²) in [4.78, 5) is 160. The van der Waals surface area contributed by atoms with E-state index in [9.17, 15) is 53.7 Å². The van der Waals surface area contributed by atoms with Crippen molar-refractivity contribution in [1.29, 1.82) is 0 Å². The van der Waals surface area contributed by atoms with Crippen LogP contribution >= 0.6 is 21.6 Å². The molecule has 14 N–H and O–H groups in total. The number of phenols is 1. The number of aromatic hydroxyl groups is 1. The Morgan fingerprint density at radius 2 is 1.16 bits per heavy atom. The summed E-state index contributed by atoms with van der Waals surface area (Å²) < 4.78 is 11.3. The topological polar surface area (TPSA) is 403 Å². The lowest BCUT2D eigenvalue weighted by Gasteiger charge is -2.29. The number of hydrogen-bond donors (Lipinski definition) is 14. The molecule has 29 heteroatoms. The number of H-pyrrole nitrogens is 1. The summed E-state index contributed by atoms with van der Waals surface area (Å²) in [6, 6.07) is 24.0. The highest BCUT2D eigenvalue weighted by molar-refractivity contribution is 8.76. The first-order chi connectivity index (χ1) is 49.5. The number of nitrogens with one attached hydrogen (secondary N) is 11. The third kappa shape index (κ3) is 22.7. The van der Waals surface area contributed by atoms with Crippen LogP contribution in [0.3, 0.4) is 0 Å². The van der Waals surface area contributed by atoms with Gasteiger partial charge in [-0.1, -0.05) is 158 Å². The van der Waals surface area contributed by atoms with Gasteiger partial charge in [0.1, 0.15) is 72.3 Å². The lowest BCUT2D eigenvalue weighted by molar-refractivity contribution is -0.142. The number of carbonyl (C=O) groups excluding carboxylic acids is 10. The van der Waals surface area contributed by atoms with Crippen LogP contribution in [0.25, 0.3) is 22.0 Å². The van der Waals surface area contributed by atoms with Gasteiger partial charge in [0.15, 0.2) is 0 Å². The Morgan fingerprint density at radius 1 is 0.587 bits per heavy atom. The van der Waals surface area contributed by atoms with Gasteiger partial charge in [0.05, 0.1) is 6.10 Å². The monoisotopic (exact) mass is 1470 g/mol. The van der Waals surface area contributed by atoms with Crippen LogP contribution in [0.4, 0.5) is 9.59 Å². The van der Waals surface area contributed by atoms with Gasteiger partial charge in [-0.2, -0.15) is 0 Å². The number of unbranched alkanes of at least 4 members (excludes halogenated alkanes) is 1. The summed E-state index contributed by atoms with van der Waals surface area (Å²) in [5, 5.41) is 59.4. The van der Waals surface area contributed by atoms with Gasteiger partial charge in [-0.25, -0.2) is 14.4 Å². The maximum Gasteiger partial charge on any atom is 0.408 e. The second-order valence-corrected chi connectivity index (χ2v) is 30.0. The number of carboxylic acids is 1. The van der Waals surface area contributed by atoms with Gasteiger partial charge in [-0.3, -0.25) is 38.4 Å². The second-order valence-electron chi connectivity index (χ2n) is 27.5. The van der Waals surface area contributed by atoms with Crippen LogP contribution in [0.2, 0.25) is 0 Å². The fourth-order valence-electron chi connectivity index (χ4n) is 12.1. The predicted octanol–water partition coefficient (Wildman–Crippen LogP) is 5.55. The van der Waals surface area contributed by atoms with E-state index in [1.54, 1.807) is 109 Å². The lowest BCUT2D eigenvalue weighted by Crippen LogP contribution is -2.62. The average Bonchev–Trinajstić information content (AvgIpc) is 1.62. The molecular formula is C75H93N11O16S2. The first-order valence-corrected chi connectivity index (χ1v) is 37.1. The Hall–Kier alpha value is -10.1. The SMILES string of the molecule is CC(C)[C@H](NC(=O)OC(C)(C)C)C(=O)N[C@H](C(=O)NCCCC[C@@H]1NC(=O)[C@@H](Cc2c[nH]c3ccccc23)NC(=O)[C@H](Cc2ccc(O)cc2)NC(=O)[C@@H](NC(=O)[C@@H](Cc2ccccc2)NC(=O)OCC2c3ccccc3-c3ccccc32)CSSC[C@@H](C(=O)O)NC(=O)[C@H]([C@@H](C)O)NC1=O)C(C)C. The number of aromatic amines is 1. The van der Waals surface area contributed by atoms with Crippen LogP contribution in [-0.4, -0.2) is 176 Å². The molecule has 5 aromatic carbocycles. The van der Waals surface area contributed by atoms with Crippen LogP contribution in [0.5, 0.6) is 5.75 Å². The Labute approximate surface area is 611 Å². The predicted molar refractivity (Wildman–Crippen MR) is 393 cm³/mol. The van der Waals surface area contributed by atoms with E-state index in [1.165, 1.54) is 31.2 Å². The fourth-order valence-corrected chi connectivity index (χ4v) is 14.4. The number of aromatic nitrogens is 1. The molecule has 2 aliphatic rings. The Bertz CT molecular complexity index is 3970. The summed E-state index contributed by atoms with van der Waals surface area (Å²) in [6.07, 6.45) is -2.32. The minimum Gasteiger partial charge on any atom is -0.508 e. The molecule has 1 aliphatic carbocycles.